The van der Waals surface area contributed by atoms with Gasteiger partial charge in [0.15, 0.2) is 5.11 Å². The average molecular weight is 332 g/mol. The van der Waals surface area contributed by atoms with Gasteiger partial charge in [-0.2, -0.15) is 0 Å². The van der Waals surface area contributed by atoms with E-state index in [2.05, 4.69) is 26.0 Å². The van der Waals surface area contributed by atoms with Crippen molar-refractivity contribution >= 4 is 28.7 Å². The zero-order valence-corrected chi connectivity index (χ0v) is 14.1. The van der Waals surface area contributed by atoms with Gasteiger partial charge in [0.2, 0.25) is 0 Å². The zero-order chi connectivity index (χ0) is 15.2. The topological polar surface area (TPSA) is 49.8 Å². The van der Waals surface area contributed by atoms with E-state index in [1.165, 1.54) is 32.1 Å². The second-order valence-electron chi connectivity index (χ2n) is 5.55. The highest BCUT2D eigenvalue weighted by atomic mass is 32.1. The van der Waals surface area contributed by atoms with Gasteiger partial charge < -0.3 is 10.6 Å². The Hall–Kier alpha value is -1.53. The molecule has 1 aliphatic carbocycles. The highest BCUT2D eigenvalue weighted by molar-refractivity contribution is 7.80. The number of thiocarbonyl (C=S) groups is 1. The third-order valence-electron chi connectivity index (χ3n) is 3.83. The molecule has 0 bridgehead atoms. The summed E-state index contributed by atoms with van der Waals surface area (Å²) in [5.41, 5.74) is 2.07. The minimum Gasteiger partial charge on any atom is -0.360 e. The number of nitrogens with one attached hydrogen (secondary N) is 2. The van der Waals surface area contributed by atoms with E-state index in [1.54, 1.807) is 17.5 Å². The van der Waals surface area contributed by atoms with Crippen molar-refractivity contribution in [3.63, 3.8) is 0 Å². The summed E-state index contributed by atoms with van der Waals surface area (Å²) in [6.07, 6.45) is 10.0. The van der Waals surface area contributed by atoms with Crippen LogP contribution in [0, 0.1) is 0 Å². The third kappa shape index (κ3) is 4.24. The molecule has 22 heavy (non-hydrogen) atoms. The first-order valence-electron chi connectivity index (χ1n) is 7.70. The molecule has 1 saturated carbocycles. The summed E-state index contributed by atoms with van der Waals surface area (Å²) < 4.78 is 0. The van der Waals surface area contributed by atoms with Gasteiger partial charge in [-0.25, -0.2) is 4.98 Å². The first-order valence-corrected chi connectivity index (χ1v) is 8.99. The molecular formula is C16H20N4S2. The molecule has 0 saturated heterocycles. The van der Waals surface area contributed by atoms with Crippen LogP contribution < -0.4 is 10.6 Å². The Labute approximate surface area is 140 Å². The van der Waals surface area contributed by atoms with Crippen LogP contribution in [0.5, 0.6) is 0 Å². The van der Waals surface area contributed by atoms with Crippen LogP contribution in [0.4, 0.5) is 0 Å². The van der Waals surface area contributed by atoms with E-state index in [4.69, 9.17) is 12.2 Å². The molecule has 1 aliphatic rings. The summed E-state index contributed by atoms with van der Waals surface area (Å²) in [6, 6.07) is 4.49. The summed E-state index contributed by atoms with van der Waals surface area (Å²) in [7, 11) is 0. The van der Waals surface area contributed by atoms with E-state index in [1.807, 2.05) is 18.3 Å². The van der Waals surface area contributed by atoms with E-state index in [0.29, 0.717) is 12.6 Å². The standard InChI is InChI=1S/C16H20N4S2/c21-16(20-13-6-2-1-3-7-13)18-10-14-11-22-15(19-14)12-5-4-8-17-9-12/h4-5,8-9,11,13H,1-3,6-7,10H2,(H2,18,20,21). The number of thiazole rings is 1. The van der Waals surface area contributed by atoms with Gasteiger partial charge in [0.05, 0.1) is 12.2 Å². The van der Waals surface area contributed by atoms with Gasteiger partial charge in [-0.15, -0.1) is 11.3 Å². The van der Waals surface area contributed by atoms with Gasteiger partial charge >= 0.3 is 0 Å². The summed E-state index contributed by atoms with van der Waals surface area (Å²) in [6.45, 7) is 0.662. The van der Waals surface area contributed by atoms with E-state index in [9.17, 15) is 0 Å². The molecule has 1 fully saturated rings. The largest absolute Gasteiger partial charge is 0.360 e. The van der Waals surface area contributed by atoms with Crippen LogP contribution >= 0.6 is 23.6 Å². The fourth-order valence-corrected chi connectivity index (χ4v) is 3.71. The number of hydrogen-bond acceptors (Lipinski definition) is 4. The number of hydrogen-bond donors (Lipinski definition) is 2. The monoisotopic (exact) mass is 332 g/mol. The summed E-state index contributed by atoms with van der Waals surface area (Å²) >= 11 is 7.01. The van der Waals surface area contributed by atoms with Crippen LogP contribution in [0.15, 0.2) is 29.9 Å². The average Bonchev–Trinajstić information content (AvgIpc) is 3.04. The van der Waals surface area contributed by atoms with E-state index in [0.717, 1.165) is 21.4 Å². The second kappa shape index (κ2) is 7.65. The highest BCUT2D eigenvalue weighted by Gasteiger charge is 2.14. The van der Waals surface area contributed by atoms with E-state index in [-0.39, 0.29) is 0 Å². The normalized spacial score (nSPS) is 15.5. The van der Waals surface area contributed by atoms with Crippen molar-refractivity contribution < 1.29 is 0 Å². The molecule has 0 spiro atoms. The molecule has 116 valence electrons. The Morgan fingerprint density at radius 1 is 1.32 bits per heavy atom. The molecule has 2 heterocycles. The molecular weight excluding hydrogens is 312 g/mol. The lowest BCUT2D eigenvalue weighted by Gasteiger charge is -2.24. The Balaban J connectivity index is 1.49. The summed E-state index contributed by atoms with van der Waals surface area (Å²) in [5.74, 6) is 0. The Morgan fingerprint density at radius 3 is 2.95 bits per heavy atom. The fourth-order valence-electron chi connectivity index (χ4n) is 2.66. The van der Waals surface area contributed by atoms with Crippen LogP contribution in [0.1, 0.15) is 37.8 Å². The van der Waals surface area contributed by atoms with Crippen molar-refractivity contribution in [2.24, 2.45) is 0 Å². The van der Waals surface area contributed by atoms with E-state index >= 15 is 0 Å². The molecule has 0 amide bonds. The van der Waals surface area contributed by atoms with Gasteiger partial charge in [-0.1, -0.05) is 19.3 Å². The number of rotatable bonds is 4. The lowest BCUT2D eigenvalue weighted by molar-refractivity contribution is 0.412. The molecule has 2 N–H and O–H groups in total. The number of aromatic nitrogens is 2. The molecule has 0 aliphatic heterocycles. The van der Waals surface area contributed by atoms with Gasteiger partial charge in [-0.05, 0) is 37.2 Å². The lowest BCUT2D eigenvalue weighted by Crippen LogP contribution is -2.42. The van der Waals surface area contributed by atoms with Crippen LogP contribution in [0.2, 0.25) is 0 Å². The molecule has 0 aromatic carbocycles. The van der Waals surface area contributed by atoms with Crippen LogP contribution in [-0.4, -0.2) is 21.1 Å². The Morgan fingerprint density at radius 2 is 2.18 bits per heavy atom. The molecule has 2 aromatic heterocycles. The molecule has 6 heteroatoms. The van der Waals surface area contributed by atoms with Gasteiger partial charge in [0, 0.05) is 29.4 Å². The van der Waals surface area contributed by atoms with Crippen molar-refractivity contribution in [1.82, 2.24) is 20.6 Å². The molecule has 0 atom stereocenters. The van der Waals surface area contributed by atoms with Crippen LogP contribution in [0.25, 0.3) is 10.6 Å². The molecule has 0 radical (unpaired) electrons. The Bertz CT molecular complexity index is 606. The van der Waals surface area contributed by atoms with E-state index < -0.39 is 0 Å². The second-order valence-corrected chi connectivity index (χ2v) is 6.81. The first kappa shape index (κ1) is 15.4. The molecule has 0 unspecified atom stereocenters. The summed E-state index contributed by atoms with van der Waals surface area (Å²) in [4.78, 5) is 8.76. The predicted molar refractivity (Wildman–Crippen MR) is 94.8 cm³/mol. The van der Waals surface area contributed by atoms with Crippen molar-refractivity contribution in [1.29, 1.82) is 0 Å². The summed E-state index contributed by atoms with van der Waals surface area (Å²) in [5, 5.41) is 10.5. The van der Waals surface area contributed by atoms with Crippen LogP contribution in [0.3, 0.4) is 0 Å². The minimum atomic E-state index is 0.537. The maximum Gasteiger partial charge on any atom is 0.166 e. The molecule has 2 aromatic rings. The van der Waals surface area contributed by atoms with Gasteiger partial charge in [0.25, 0.3) is 0 Å². The smallest absolute Gasteiger partial charge is 0.166 e. The third-order valence-corrected chi connectivity index (χ3v) is 5.03. The number of nitrogens with zero attached hydrogens (tertiary/aromatic N) is 2. The first-order chi connectivity index (χ1) is 10.8. The lowest BCUT2D eigenvalue weighted by atomic mass is 9.96. The van der Waals surface area contributed by atoms with Gasteiger partial charge in [0.1, 0.15) is 5.01 Å². The fraction of sp³-hybridized carbons (Fsp3) is 0.438. The van der Waals surface area contributed by atoms with Crippen molar-refractivity contribution in [2.75, 3.05) is 0 Å². The van der Waals surface area contributed by atoms with Crippen LogP contribution in [-0.2, 0) is 6.54 Å². The maximum absolute atomic E-state index is 5.38. The predicted octanol–water partition coefficient (Wildman–Crippen LogP) is 3.50. The zero-order valence-electron chi connectivity index (χ0n) is 12.4. The van der Waals surface area contributed by atoms with Crippen molar-refractivity contribution in [3.8, 4) is 10.6 Å². The highest BCUT2D eigenvalue weighted by Crippen LogP contribution is 2.22. The molecule has 4 nitrogen and oxygen atoms in total. The van der Waals surface area contributed by atoms with Gasteiger partial charge in [-0.3, -0.25) is 4.98 Å². The minimum absolute atomic E-state index is 0.537. The molecule has 3 rings (SSSR count). The quantitative estimate of drug-likeness (QED) is 0.839. The SMILES string of the molecule is S=C(NCc1csc(-c2cccnc2)n1)NC1CCCCC1. The Kier molecular flexibility index (Phi) is 5.34. The van der Waals surface area contributed by atoms with Crippen molar-refractivity contribution in [2.45, 2.75) is 44.7 Å². The number of pyridine rings is 1. The maximum atomic E-state index is 5.38. The van der Waals surface area contributed by atoms with Crippen molar-refractivity contribution in [3.05, 3.63) is 35.6 Å².